The number of rotatable bonds is 6. The van der Waals surface area contributed by atoms with Crippen LogP contribution < -0.4 is 5.32 Å². The molecule has 0 aliphatic carbocycles. The highest BCUT2D eigenvalue weighted by atomic mass is 16.5. The summed E-state index contributed by atoms with van der Waals surface area (Å²) in [6.45, 7) is 4.33. The van der Waals surface area contributed by atoms with E-state index in [0.29, 0.717) is 19.6 Å². The van der Waals surface area contributed by atoms with Gasteiger partial charge < -0.3 is 20.1 Å². The summed E-state index contributed by atoms with van der Waals surface area (Å²) < 4.78 is 5.56. The smallest absolute Gasteiger partial charge is 0.335 e. The standard InChI is InChI=1S/C16H22N2O4/c1-2-18(11-14-4-3-9-22-14)16(21)17-10-12-5-7-13(8-6-12)15(19)20/h5-8,14H,2-4,9-11H2,1H3,(H,17,21)(H,19,20). The lowest BCUT2D eigenvalue weighted by Gasteiger charge is -2.24. The molecule has 1 heterocycles. The van der Waals surface area contributed by atoms with Crippen molar-refractivity contribution in [2.24, 2.45) is 0 Å². The summed E-state index contributed by atoms with van der Waals surface area (Å²) in [5, 5.41) is 11.7. The number of carbonyl (C=O) groups is 2. The van der Waals surface area contributed by atoms with E-state index in [4.69, 9.17) is 9.84 Å². The number of hydrogen-bond donors (Lipinski definition) is 2. The molecule has 0 bridgehead atoms. The van der Waals surface area contributed by atoms with Crippen molar-refractivity contribution in [1.29, 1.82) is 0 Å². The van der Waals surface area contributed by atoms with Gasteiger partial charge in [-0.25, -0.2) is 9.59 Å². The van der Waals surface area contributed by atoms with E-state index < -0.39 is 5.97 Å². The molecule has 120 valence electrons. The number of amides is 2. The Hall–Kier alpha value is -2.08. The number of nitrogens with one attached hydrogen (secondary N) is 1. The minimum absolute atomic E-state index is 0.125. The van der Waals surface area contributed by atoms with Crippen LogP contribution in [0, 0.1) is 0 Å². The average molecular weight is 306 g/mol. The van der Waals surface area contributed by atoms with Crippen LogP contribution >= 0.6 is 0 Å². The first-order valence-corrected chi connectivity index (χ1v) is 7.56. The lowest BCUT2D eigenvalue weighted by Crippen LogP contribution is -2.43. The van der Waals surface area contributed by atoms with Crippen LogP contribution in [0.1, 0.15) is 35.7 Å². The van der Waals surface area contributed by atoms with E-state index in [1.54, 1.807) is 17.0 Å². The molecule has 6 heteroatoms. The molecule has 2 amide bonds. The van der Waals surface area contributed by atoms with Gasteiger partial charge in [0.1, 0.15) is 0 Å². The van der Waals surface area contributed by atoms with Crippen molar-refractivity contribution < 1.29 is 19.4 Å². The summed E-state index contributed by atoms with van der Waals surface area (Å²) in [6.07, 6.45) is 2.20. The summed E-state index contributed by atoms with van der Waals surface area (Å²) in [7, 11) is 0. The van der Waals surface area contributed by atoms with Crippen molar-refractivity contribution in [1.82, 2.24) is 10.2 Å². The summed E-state index contributed by atoms with van der Waals surface area (Å²) in [4.78, 5) is 24.7. The topological polar surface area (TPSA) is 78.9 Å². The van der Waals surface area contributed by atoms with Gasteiger partial charge in [-0.1, -0.05) is 12.1 Å². The third-order valence-electron chi connectivity index (χ3n) is 3.76. The van der Waals surface area contributed by atoms with Crippen molar-refractivity contribution >= 4 is 12.0 Å². The number of likely N-dealkylation sites (N-methyl/N-ethyl adjacent to an activating group) is 1. The summed E-state index contributed by atoms with van der Waals surface area (Å²) in [5.41, 5.74) is 1.11. The van der Waals surface area contributed by atoms with Crippen molar-refractivity contribution in [3.63, 3.8) is 0 Å². The molecule has 2 rings (SSSR count). The van der Waals surface area contributed by atoms with E-state index in [0.717, 1.165) is 25.0 Å². The summed E-state index contributed by atoms with van der Waals surface area (Å²) in [5.74, 6) is -0.954. The number of hydrogen-bond acceptors (Lipinski definition) is 3. The predicted molar refractivity (Wildman–Crippen MR) is 81.9 cm³/mol. The van der Waals surface area contributed by atoms with Crippen LogP contribution in [-0.4, -0.2) is 47.8 Å². The Morgan fingerprint density at radius 2 is 2.09 bits per heavy atom. The molecule has 1 aliphatic heterocycles. The van der Waals surface area contributed by atoms with Crippen molar-refractivity contribution in [3.8, 4) is 0 Å². The monoisotopic (exact) mass is 306 g/mol. The Bertz CT molecular complexity index is 509. The Morgan fingerprint density at radius 3 is 2.64 bits per heavy atom. The van der Waals surface area contributed by atoms with Crippen molar-refractivity contribution in [3.05, 3.63) is 35.4 Å². The van der Waals surface area contributed by atoms with E-state index in [-0.39, 0.29) is 17.7 Å². The maximum atomic E-state index is 12.2. The first kappa shape index (κ1) is 16.3. The van der Waals surface area contributed by atoms with Gasteiger partial charge in [-0.2, -0.15) is 0 Å². The Morgan fingerprint density at radius 1 is 1.36 bits per heavy atom. The number of urea groups is 1. The van der Waals surface area contributed by atoms with Crippen molar-refractivity contribution in [2.75, 3.05) is 19.7 Å². The van der Waals surface area contributed by atoms with E-state index in [9.17, 15) is 9.59 Å². The molecule has 1 aromatic carbocycles. The first-order valence-electron chi connectivity index (χ1n) is 7.56. The second-order valence-corrected chi connectivity index (χ2v) is 5.33. The molecule has 0 aromatic heterocycles. The molecule has 1 unspecified atom stereocenters. The van der Waals surface area contributed by atoms with Gasteiger partial charge in [0.25, 0.3) is 0 Å². The molecule has 0 saturated carbocycles. The minimum Gasteiger partial charge on any atom is -0.478 e. The second-order valence-electron chi connectivity index (χ2n) is 5.33. The van der Waals surface area contributed by atoms with Gasteiger partial charge in [0.2, 0.25) is 0 Å². The quantitative estimate of drug-likeness (QED) is 0.843. The number of carboxylic acid groups (broad SMARTS) is 1. The van der Waals surface area contributed by atoms with Gasteiger partial charge in [0.15, 0.2) is 0 Å². The third-order valence-corrected chi connectivity index (χ3v) is 3.76. The number of benzene rings is 1. The molecule has 1 fully saturated rings. The SMILES string of the molecule is CCN(CC1CCCO1)C(=O)NCc1ccc(C(=O)O)cc1. The maximum Gasteiger partial charge on any atom is 0.335 e. The fourth-order valence-corrected chi connectivity index (χ4v) is 2.44. The molecule has 0 spiro atoms. The van der Waals surface area contributed by atoms with Crippen LogP contribution in [0.4, 0.5) is 4.79 Å². The summed E-state index contributed by atoms with van der Waals surface area (Å²) >= 11 is 0. The molecule has 0 radical (unpaired) electrons. The van der Waals surface area contributed by atoms with Gasteiger partial charge in [-0.15, -0.1) is 0 Å². The number of carboxylic acids is 1. The first-order chi connectivity index (χ1) is 10.6. The highest BCUT2D eigenvalue weighted by Crippen LogP contribution is 2.13. The second kappa shape index (κ2) is 7.79. The molecule has 2 N–H and O–H groups in total. The molecule has 6 nitrogen and oxygen atoms in total. The Kier molecular flexibility index (Phi) is 5.77. The maximum absolute atomic E-state index is 12.2. The molecule has 1 aromatic rings. The number of carbonyl (C=O) groups excluding carboxylic acids is 1. The van der Waals surface area contributed by atoms with E-state index in [1.165, 1.54) is 12.1 Å². The lowest BCUT2D eigenvalue weighted by atomic mass is 10.1. The highest BCUT2D eigenvalue weighted by molar-refractivity contribution is 5.87. The predicted octanol–water partition coefficient (Wildman–Crippen LogP) is 2.10. The van der Waals surface area contributed by atoms with E-state index >= 15 is 0 Å². The zero-order valence-electron chi connectivity index (χ0n) is 12.7. The third kappa shape index (κ3) is 4.46. The van der Waals surface area contributed by atoms with Crippen LogP contribution in [0.3, 0.4) is 0 Å². The van der Waals surface area contributed by atoms with E-state index in [2.05, 4.69) is 5.32 Å². The van der Waals surface area contributed by atoms with Crippen LogP contribution in [0.25, 0.3) is 0 Å². The van der Waals surface area contributed by atoms with Crippen LogP contribution in [-0.2, 0) is 11.3 Å². The Balaban J connectivity index is 1.83. The normalized spacial score (nSPS) is 17.2. The average Bonchev–Trinajstić information content (AvgIpc) is 3.03. The zero-order chi connectivity index (χ0) is 15.9. The van der Waals surface area contributed by atoms with Gasteiger partial charge in [0, 0.05) is 26.2 Å². The fraction of sp³-hybridized carbons (Fsp3) is 0.500. The molecular formula is C16H22N2O4. The van der Waals surface area contributed by atoms with Crippen LogP contribution in [0.2, 0.25) is 0 Å². The minimum atomic E-state index is -0.954. The molecule has 1 atom stereocenters. The molecule has 1 saturated heterocycles. The number of ether oxygens (including phenoxy) is 1. The number of nitrogens with zero attached hydrogens (tertiary/aromatic N) is 1. The van der Waals surface area contributed by atoms with Crippen molar-refractivity contribution in [2.45, 2.75) is 32.4 Å². The van der Waals surface area contributed by atoms with Crippen LogP contribution in [0.5, 0.6) is 0 Å². The lowest BCUT2D eigenvalue weighted by molar-refractivity contribution is 0.0697. The van der Waals surface area contributed by atoms with Gasteiger partial charge in [-0.3, -0.25) is 0 Å². The highest BCUT2D eigenvalue weighted by Gasteiger charge is 2.21. The summed E-state index contributed by atoms with van der Waals surface area (Å²) in [6, 6.07) is 6.36. The van der Waals surface area contributed by atoms with Gasteiger partial charge >= 0.3 is 12.0 Å². The Labute approximate surface area is 130 Å². The van der Waals surface area contributed by atoms with E-state index in [1.807, 2.05) is 6.92 Å². The zero-order valence-corrected chi connectivity index (χ0v) is 12.7. The molecular weight excluding hydrogens is 284 g/mol. The van der Waals surface area contributed by atoms with Gasteiger partial charge in [0.05, 0.1) is 11.7 Å². The fourth-order valence-electron chi connectivity index (χ4n) is 2.44. The number of aromatic carboxylic acids is 1. The molecule has 1 aliphatic rings. The van der Waals surface area contributed by atoms with Crippen LogP contribution in [0.15, 0.2) is 24.3 Å². The van der Waals surface area contributed by atoms with Gasteiger partial charge in [-0.05, 0) is 37.5 Å². The molecule has 22 heavy (non-hydrogen) atoms. The largest absolute Gasteiger partial charge is 0.478 e.